The molecule has 5 heteroatoms. The molecule has 0 fully saturated rings. The number of pyridine rings is 1. The van der Waals surface area contributed by atoms with E-state index >= 15 is 0 Å². The summed E-state index contributed by atoms with van der Waals surface area (Å²) in [6.45, 7) is 4.12. The zero-order chi connectivity index (χ0) is 16.8. The molecule has 124 valence electrons. The van der Waals surface area contributed by atoms with Gasteiger partial charge in [0.05, 0.1) is 23.3 Å². The Kier molecular flexibility index (Phi) is 11.1. The largest absolute Gasteiger partial charge is 0.333 e. The summed E-state index contributed by atoms with van der Waals surface area (Å²) in [5.41, 5.74) is 5.52. The van der Waals surface area contributed by atoms with Crippen molar-refractivity contribution >= 4 is 23.8 Å². The number of rotatable bonds is 4. The molecule has 0 aliphatic rings. The van der Waals surface area contributed by atoms with Gasteiger partial charge in [0.2, 0.25) is 0 Å². The molecule has 0 bridgehead atoms. The number of aryl methyl sites for hydroxylation is 2. The summed E-state index contributed by atoms with van der Waals surface area (Å²) < 4.78 is 0. The van der Waals surface area contributed by atoms with Gasteiger partial charge in [0.1, 0.15) is 0 Å². The van der Waals surface area contributed by atoms with Crippen LogP contribution in [0.4, 0.5) is 11.4 Å². The van der Waals surface area contributed by atoms with Crippen molar-refractivity contribution in [3.63, 3.8) is 0 Å². The average molecular weight is 593 g/mol. The van der Waals surface area contributed by atoms with Crippen molar-refractivity contribution in [2.45, 2.75) is 13.8 Å². The van der Waals surface area contributed by atoms with Crippen molar-refractivity contribution < 1.29 is 82.6 Å². The summed E-state index contributed by atoms with van der Waals surface area (Å²) in [5.74, 6) is 0. The SMILES string of the molecule is Cc1cccc(C)c1N=Cc1cccc(C=Nc2[c-]ccc[c-]2)n1.[Pr].[Pr]. The normalized spacial score (nSPS) is 10.5. The maximum atomic E-state index is 4.59. The second kappa shape index (κ2) is 12.2. The van der Waals surface area contributed by atoms with Gasteiger partial charge in [-0.2, -0.15) is 5.69 Å². The molecule has 0 atom stereocenters. The maximum absolute atomic E-state index is 4.59. The molecule has 2 aromatic carbocycles. The molecule has 0 aliphatic heterocycles. The number of aromatic nitrogens is 1. The third-order valence-corrected chi connectivity index (χ3v) is 3.52. The Bertz CT molecular complexity index is 871. The van der Waals surface area contributed by atoms with Crippen molar-refractivity contribution in [1.29, 1.82) is 0 Å². The van der Waals surface area contributed by atoms with E-state index in [1.54, 1.807) is 12.4 Å². The molecule has 1 heterocycles. The van der Waals surface area contributed by atoms with E-state index < -0.39 is 0 Å². The van der Waals surface area contributed by atoms with Crippen LogP contribution in [0.2, 0.25) is 0 Å². The second-order valence-corrected chi connectivity index (χ2v) is 5.41. The number of nitrogens with zero attached hydrogens (tertiary/aromatic N) is 3. The van der Waals surface area contributed by atoms with Crippen LogP contribution in [0.15, 0.2) is 64.6 Å². The summed E-state index contributed by atoms with van der Waals surface area (Å²) in [6, 6.07) is 23.4. The molecule has 3 rings (SSSR count). The Morgan fingerprint density at radius 2 is 1.31 bits per heavy atom. The minimum Gasteiger partial charge on any atom is -0.333 e. The molecule has 3 nitrogen and oxygen atoms in total. The third-order valence-electron chi connectivity index (χ3n) is 3.52. The van der Waals surface area contributed by atoms with Gasteiger partial charge in [-0.05, 0) is 37.1 Å². The summed E-state index contributed by atoms with van der Waals surface area (Å²) in [5, 5.41) is 0. The van der Waals surface area contributed by atoms with E-state index in [0.29, 0.717) is 5.69 Å². The summed E-state index contributed by atoms with van der Waals surface area (Å²) >= 11 is 0. The van der Waals surface area contributed by atoms with Gasteiger partial charge in [0.15, 0.2) is 0 Å². The van der Waals surface area contributed by atoms with Crippen LogP contribution in [0.3, 0.4) is 0 Å². The number of hydrogen-bond donors (Lipinski definition) is 0. The minimum atomic E-state index is 0. The molecule has 0 aliphatic carbocycles. The summed E-state index contributed by atoms with van der Waals surface area (Å²) in [4.78, 5) is 13.4. The van der Waals surface area contributed by atoms with Gasteiger partial charge in [-0.3, -0.25) is 23.2 Å². The summed E-state index contributed by atoms with van der Waals surface area (Å²) in [7, 11) is 0. The van der Waals surface area contributed by atoms with Crippen LogP contribution in [0.25, 0.3) is 0 Å². The molecule has 0 spiro atoms. The smallest absolute Gasteiger partial charge is 0.0820 e. The zero-order valence-corrected chi connectivity index (χ0v) is 22.3. The topological polar surface area (TPSA) is 37.6 Å². The number of para-hydroxylation sites is 2. The van der Waals surface area contributed by atoms with E-state index in [9.17, 15) is 0 Å². The predicted octanol–water partition coefficient (Wildman–Crippen LogP) is 4.80. The first-order valence-electron chi connectivity index (χ1n) is 7.72. The van der Waals surface area contributed by atoms with Gasteiger partial charge in [-0.1, -0.05) is 24.3 Å². The van der Waals surface area contributed by atoms with Crippen LogP contribution in [0, 0.1) is 109 Å². The van der Waals surface area contributed by atoms with E-state index in [1.807, 2.05) is 42.5 Å². The Hall–Kier alpha value is -0.343. The third kappa shape index (κ3) is 7.00. The first kappa shape index (κ1) is 23.7. The van der Waals surface area contributed by atoms with Crippen molar-refractivity contribution in [2.24, 2.45) is 9.98 Å². The van der Waals surface area contributed by atoms with Crippen molar-refractivity contribution in [3.05, 3.63) is 89.2 Å². The van der Waals surface area contributed by atoms with E-state index in [2.05, 4.69) is 53.1 Å². The quantitative estimate of drug-likeness (QED) is 0.317. The van der Waals surface area contributed by atoms with Gasteiger partial charge in [-0.15, -0.1) is 0 Å². The van der Waals surface area contributed by atoms with Gasteiger partial charge in [0, 0.05) is 88.8 Å². The predicted molar refractivity (Wildman–Crippen MR) is 98.8 cm³/mol. The van der Waals surface area contributed by atoms with E-state index in [1.165, 1.54) is 0 Å². The van der Waals surface area contributed by atoms with Crippen LogP contribution < -0.4 is 0 Å². The molecule has 0 amide bonds. The molecule has 0 saturated carbocycles. The molecular weight excluding hydrogens is 576 g/mol. The Morgan fingerprint density at radius 1 is 0.769 bits per heavy atom. The summed E-state index contributed by atoms with van der Waals surface area (Å²) in [6.07, 6.45) is 3.49. The van der Waals surface area contributed by atoms with Crippen LogP contribution in [0.1, 0.15) is 22.5 Å². The number of aliphatic imine (C=N–C) groups is 2. The van der Waals surface area contributed by atoms with E-state index in [4.69, 9.17) is 0 Å². The molecule has 2 radical (unpaired) electrons. The molecule has 0 saturated heterocycles. The molecule has 3 aromatic rings. The van der Waals surface area contributed by atoms with E-state index in [0.717, 1.165) is 28.2 Å². The fourth-order valence-corrected chi connectivity index (χ4v) is 2.30. The first-order valence-corrected chi connectivity index (χ1v) is 7.72. The molecule has 26 heavy (non-hydrogen) atoms. The standard InChI is InChI=1S/C21H17N3.2Pr/c1-16-8-6-9-17(2)21(16)23-15-20-13-7-12-19(24-20)14-22-18-10-4-3-5-11-18;;/h3-9,12-15H,1-2H3;;/q-2;;. The van der Waals surface area contributed by atoms with Crippen LogP contribution >= 0.6 is 0 Å². The molecular formula is C21H17N3Pr2-2. The van der Waals surface area contributed by atoms with E-state index in [-0.39, 0.29) is 82.6 Å². The number of benzene rings is 2. The number of hydrogen-bond acceptors (Lipinski definition) is 3. The minimum absolute atomic E-state index is 0. The van der Waals surface area contributed by atoms with Gasteiger partial charge in [-0.25, -0.2) is 4.98 Å². The van der Waals surface area contributed by atoms with Crippen LogP contribution in [0.5, 0.6) is 0 Å². The van der Waals surface area contributed by atoms with Crippen LogP contribution in [-0.2, 0) is 0 Å². The fraction of sp³-hybridized carbons (Fsp3) is 0.0952. The molecule has 0 unspecified atom stereocenters. The van der Waals surface area contributed by atoms with Crippen LogP contribution in [-0.4, -0.2) is 17.4 Å². The zero-order valence-electron chi connectivity index (χ0n) is 14.8. The average Bonchev–Trinajstić information content (AvgIpc) is 2.61. The fourth-order valence-electron chi connectivity index (χ4n) is 2.30. The van der Waals surface area contributed by atoms with Gasteiger partial charge >= 0.3 is 0 Å². The van der Waals surface area contributed by atoms with Gasteiger partial charge < -0.3 is 17.1 Å². The Labute approximate surface area is 221 Å². The van der Waals surface area contributed by atoms with Crippen molar-refractivity contribution in [3.8, 4) is 0 Å². The monoisotopic (exact) mass is 593 g/mol. The van der Waals surface area contributed by atoms with Crippen molar-refractivity contribution in [2.75, 3.05) is 0 Å². The molecule has 0 N–H and O–H groups in total. The Balaban J connectivity index is 0.00000169. The first-order chi connectivity index (χ1) is 11.7. The van der Waals surface area contributed by atoms with Gasteiger partial charge in [0.25, 0.3) is 0 Å². The molecule has 1 aromatic heterocycles. The second-order valence-electron chi connectivity index (χ2n) is 5.41. The Morgan fingerprint density at radius 3 is 1.92 bits per heavy atom. The maximum Gasteiger partial charge on any atom is 0.0820 e. The van der Waals surface area contributed by atoms with Crippen molar-refractivity contribution in [1.82, 2.24) is 4.98 Å².